The Bertz CT molecular complexity index is 947. The Morgan fingerprint density at radius 3 is 2.15 bits per heavy atom. The number of carbonyl (C=O) groups is 1. The van der Waals surface area contributed by atoms with E-state index in [1.807, 2.05) is 12.1 Å². The van der Waals surface area contributed by atoms with Gasteiger partial charge >= 0.3 is 0 Å². The third-order valence-corrected chi connectivity index (χ3v) is 7.33. The minimum Gasteiger partial charge on any atom is -0.342 e. The first kappa shape index (κ1) is 26.5. The smallest absolute Gasteiger partial charge is 0.227 e. The summed E-state index contributed by atoms with van der Waals surface area (Å²) in [6, 6.07) is 14.6. The van der Waals surface area contributed by atoms with E-state index >= 15 is 0 Å². The molecule has 2 aromatic rings. The summed E-state index contributed by atoms with van der Waals surface area (Å²) in [4.78, 5) is 14.9. The highest BCUT2D eigenvalue weighted by Crippen LogP contribution is 2.23. The van der Waals surface area contributed by atoms with Crippen molar-refractivity contribution in [2.24, 2.45) is 11.8 Å². The summed E-state index contributed by atoms with van der Waals surface area (Å²) in [6.45, 7) is 5.41. The molecule has 1 aliphatic carbocycles. The maximum absolute atomic E-state index is 12.9. The monoisotopic (exact) mass is 481 g/mol. The van der Waals surface area contributed by atoms with Crippen LogP contribution >= 0.6 is 12.4 Å². The van der Waals surface area contributed by atoms with E-state index in [2.05, 4.69) is 57.7 Å². The number of benzene rings is 2. The quantitative estimate of drug-likeness (QED) is 0.420. The van der Waals surface area contributed by atoms with Gasteiger partial charge in [-0.05, 0) is 66.9 Å². The minimum absolute atomic E-state index is 0. The molecule has 2 aliphatic rings. The zero-order valence-corrected chi connectivity index (χ0v) is 21.2. The fourth-order valence-electron chi connectivity index (χ4n) is 5.30. The molecule has 1 saturated carbocycles. The lowest BCUT2D eigenvalue weighted by Crippen LogP contribution is -2.41. The molecule has 1 heterocycles. The average molecular weight is 482 g/mol. The molecule has 4 rings (SSSR count). The highest BCUT2D eigenvalue weighted by molar-refractivity contribution is 5.90. The van der Waals surface area contributed by atoms with Crippen molar-refractivity contribution >= 4 is 29.1 Å². The normalized spacial score (nSPS) is 17.1. The lowest BCUT2D eigenvalue weighted by molar-refractivity contribution is -0.131. The molecule has 4 nitrogen and oxygen atoms in total. The van der Waals surface area contributed by atoms with Crippen molar-refractivity contribution in [3.8, 4) is 11.8 Å². The van der Waals surface area contributed by atoms with Gasteiger partial charge in [0.15, 0.2) is 0 Å². The Hall–Kier alpha value is -2.06. The molecule has 0 bridgehead atoms. The number of hydrogen-bond acceptors (Lipinski definition) is 3. The Morgan fingerprint density at radius 1 is 0.824 bits per heavy atom. The van der Waals surface area contributed by atoms with Gasteiger partial charge in [0, 0.05) is 13.1 Å². The van der Waals surface area contributed by atoms with E-state index in [0.717, 1.165) is 63.6 Å². The van der Waals surface area contributed by atoms with E-state index < -0.39 is 0 Å². The van der Waals surface area contributed by atoms with Crippen LogP contribution in [-0.2, 0) is 11.2 Å². The van der Waals surface area contributed by atoms with Crippen LogP contribution in [0.4, 0.5) is 0 Å². The zero-order valence-electron chi connectivity index (χ0n) is 20.4. The largest absolute Gasteiger partial charge is 0.342 e. The maximum Gasteiger partial charge on any atom is 0.227 e. The number of halogens is 1. The predicted octanol–water partition coefficient (Wildman–Crippen LogP) is 4.81. The van der Waals surface area contributed by atoms with Crippen LogP contribution in [0.1, 0.15) is 50.5 Å². The van der Waals surface area contributed by atoms with Crippen LogP contribution in [0.25, 0.3) is 10.8 Å². The summed E-state index contributed by atoms with van der Waals surface area (Å²) in [5.74, 6) is 8.24. The summed E-state index contributed by atoms with van der Waals surface area (Å²) >= 11 is 0. The van der Waals surface area contributed by atoms with E-state index in [-0.39, 0.29) is 18.3 Å². The molecule has 5 heteroatoms. The van der Waals surface area contributed by atoms with Gasteiger partial charge in [-0.25, -0.2) is 0 Å². The molecule has 2 N–H and O–H groups in total. The topological polar surface area (TPSA) is 44.4 Å². The number of rotatable bonds is 8. The Morgan fingerprint density at radius 2 is 1.44 bits per heavy atom. The molecule has 34 heavy (non-hydrogen) atoms. The Balaban J connectivity index is 0.00000324. The SMILES string of the molecule is Cl.O=C(Cc1cccc2ccccc12)N1CCC(CNCC#CCNCC2CCCCC2)CC1. The first-order valence-electron chi connectivity index (χ1n) is 12.9. The van der Waals surface area contributed by atoms with E-state index in [1.165, 1.54) is 42.9 Å². The third-order valence-electron chi connectivity index (χ3n) is 7.33. The number of amides is 1. The molecule has 0 radical (unpaired) electrons. The molecule has 2 aromatic carbocycles. The van der Waals surface area contributed by atoms with Gasteiger partial charge in [-0.3, -0.25) is 4.79 Å². The molecule has 0 unspecified atom stereocenters. The number of likely N-dealkylation sites (tertiary alicyclic amines) is 1. The van der Waals surface area contributed by atoms with Crippen LogP contribution in [0.5, 0.6) is 0 Å². The van der Waals surface area contributed by atoms with Gasteiger partial charge < -0.3 is 15.5 Å². The standard InChI is InChI=1S/C29H39N3O.ClH/c33-29(21-27-13-8-12-26-11-4-5-14-28(26)27)32-19-15-25(16-20-32)23-31-18-7-6-17-30-22-24-9-2-1-3-10-24;/h4-5,8,11-14,24-25,30-31H,1-3,9-10,15-23H2;1H. The van der Waals surface area contributed by atoms with Gasteiger partial charge in [-0.1, -0.05) is 73.6 Å². The zero-order chi connectivity index (χ0) is 22.7. The summed E-state index contributed by atoms with van der Waals surface area (Å²) in [6.07, 6.45) is 9.63. The highest BCUT2D eigenvalue weighted by atomic mass is 35.5. The molecule has 1 aliphatic heterocycles. The number of carbonyl (C=O) groups excluding carboxylic acids is 1. The van der Waals surface area contributed by atoms with Crippen molar-refractivity contribution < 1.29 is 4.79 Å². The van der Waals surface area contributed by atoms with Crippen LogP contribution < -0.4 is 10.6 Å². The molecule has 184 valence electrons. The second kappa shape index (κ2) is 14.4. The van der Waals surface area contributed by atoms with Gasteiger partial charge in [0.25, 0.3) is 0 Å². The van der Waals surface area contributed by atoms with E-state index in [9.17, 15) is 4.79 Å². The molecule has 0 spiro atoms. The number of nitrogens with one attached hydrogen (secondary N) is 2. The lowest BCUT2D eigenvalue weighted by atomic mass is 9.89. The van der Waals surface area contributed by atoms with E-state index in [4.69, 9.17) is 0 Å². The van der Waals surface area contributed by atoms with Gasteiger partial charge in [-0.15, -0.1) is 12.4 Å². The molecule has 2 fully saturated rings. The van der Waals surface area contributed by atoms with Gasteiger partial charge in [0.2, 0.25) is 5.91 Å². The van der Waals surface area contributed by atoms with Crippen LogP contribution in [0, 0.1) is 23.7 Å². The summed E-state index contributed by atoms with van der Waals surface area (Å²) in [5, 5.41) is 9.39. The van der Waals surface area contributed by atoms with Gasteiger partial charge in [-0.2, -0.15) is 0 Å². The van der Waals surface area contributed by atoms with Gasteiger partial charge in [0.05, 0.1) is 19.5 Å². The fraction of sp³-hybridized carbons (Fsp3) is 0.552. The first-order valence-corrected chi connectivity index (χ1v) is 12.9. The molecular formula is C29H40ClN3O. The number of piperidine rings is 1. The number of fused-ring (bicyclic) bond motifs is 1. The molecule has 0 aromatic heterocycles. The van der Waals surface area contributed by atoms with Crippen LogP contribution in [-0.4, -0.2) is 50.1 Å². The fourth-order valence-corrected chi connectivity index (χ4v) is 5.30. The molecule has 1 saturated heterocycles. The third kappa shape index (κ3) is 8.01. The van der Waals surface area contributed by atoms with Crippen molar-refractivity contribution in [3.05, 3.63) is 48.0 Å². The second-order valence-electron chi connectivity index (χ2n) is 9.76. The van der Waals surface area contributed by atoms with Crippen molar-refractivity contribution in [2.75, 3.05) is 39.3 Å². The second-order valence-corrected chi connectivity index (χ2v) is 9.76. The van der Waals surface area contributed by atoms with Gasteiger partial charge in [0.1, 0.15) is 0 Å². The predicted molar refractivity (Wildman–Crippen MR) is 144 cm³/mol. The summed E-state index contributed by atoms with van der Waals surface area (Å²) in [7, 11) is 0. The lowest BCUT2D eigenvalue weighted by Gasteiger charge is -2.32. The average Bonchev–Trinajstić information content (AvgIpc) is 2.87. The summed E-state index contributed by atoms with van der Waals surface area (Å²) < 4.78 is 0. The van der Waals surface area contributed by atoms with Crippen molar-refractivity contribution in [1.82, 2.24) is 15.5 Å². The van der Waals surface area contributed by atoms with Crippen molar-refractivity contribution in [3.63, 3.8) is 0 Å². The van der Waals surface area contributed by atoms with Crippen molar-refractivity contribution in [2.45, 2.75) is 51.4 Å². The Kier molecular flexibility index (Phi) is 11.2. The molecular weight excluding hydrogens is 442 g/mol. The van der Waals surface area contributed by atoms with Crippen LogP contribution in [0.15, 0.2) is 42.5 Å². The highest BCUT2D eigenvalue weighted by Gasteiger charge is 2.22. The van der Waals surface area contributed by atoms with Crippen LogP contribution in [0.3, 0.4) is 0 Å². The van der Waals surface area contributed by atoms with E-state index in [0.29, 0.717) is 12.3 Å². The van der Waals surface area contributed by atoms with E-state index in [1.54, 1.807) is 0 Å². The van der Waals surface area contributed by atoms with Crippen molar-refractivity contribution in [1.29, 1.82) is 0 Å². The molecule has 0 atom stereocenters. The Labute approximate surface area is 211 Å². The number of hydrogen-bond donors (Lipinski definition) is 2. The number of nitrogens with zero attached hydrogens (tertiary/aromatic N) is 1. The summed E-state index contributed by atoms with van der Waals surface area (Å²) in [5.41, 5.74) is 1.13. The molecule has 1 amide bonds. The van der Waals surface area contributed by atoms with Crippen LogP contribution in [0.2, 0.25) is 0 Å². The maximum atomic E-state index is 12.9. The first-order chi connectivity index (χ1) is 16.3. The minimum atomic E-state index is 0.